The van der Waals surface area contributed by atoms with E-state index in [0.29, 0.717) is 34.6 Å². The summed E-state index contributed by atoms with van der Waals surface area (Å²) < 4.78 is 6.73. The van der Waals surface area contributed by atoms with Gasteiger partial charge >= 0.3 is 0 Å². The number of hydrogen-bond acceptors (Lipinski definition) is 5. The minimum absolute atomic E-state index is 0.144. The molecule has 2 heterocycles. The summed E-state index contributed by atoms with van der Waals surface area (Å²) in [6.45, 7) is 3.11. The lowest BCUT2D eigenvalue weighted by atomic mass is 10.1. The molecule has 0 saturated carbocycles. The second kappa shape index (κ2) is 9.90. The predicted molar refractivity (Wildman–Crippen MR) is 126 cm³/mol. The van der Waals surface area contributed by atoms with Crippen LogP contribution in [0.1, 0.15) is 35.7 Å². The summed E-state index contributed by atoms with van der Waals surface area (Å²) in [5.41, 5.74) is 2.28. The number of rotatable bonds is 8. The predicted octanol–water partition coefficient (Wildman–Crippen LogP) is 6.37. The molecule has 0 atom stereocenters. The monoisotopic (exact) mass is 451 g/mol. The van der Waals surface area contributed by atoms with Gasteiger partial charge in [-0.05, 0) is 54.4 Å². The van der Waals surface area contributed by atoms with Crippen molar-refractivity contribution in [2.24, 2.45) is 0 Å². The molecule has 4 aromatic rings. The zero-order valence-electron chi connectivity index (χ0n) is 17.1. The molecule has 5 nitrogen and oxygen atoms in total. The zero-order valence-corrected chi connectivity index (χ0v) is 18.7. The number of anilines is 1. The van der Waals surface area contributed by atoms with E-state index in [4.69, 9.17) is 21.3 Å². The summed E-state index contributed by atoms with van der Waals surface area (Å²) >= 11 is 7.58. The Morgan fingerprint density at radius 3 is 2.87 bits per heavy atom. The molecule has 0 spiro atoms. The van der Waals surface area contributed by atoms with Gasteiger partial charge in [-0.25, -0.2) is 4.98 Å². The number of halogens is 1. The van der Waals surface area contributed by atoms with Gasteiger partial charge in [-0.2, -0.15) is 0 Å². The summed E-state index contributed by atoms with van der Waals surface area (Å²) in [6.07, 6.45) is 5.50. The van der Waals surface area contributed by atoms with Crippen LogP contribution in [-0.4, -0.2) is 22.5 Å². The average Bonchev–Trinajstić information content (AvgIpc) is 3.21. The molecule has 1 amide bonds. The molecule has 0 saturated heterocycles. The third kappa shape index (κ3) is 5.21. The molecular formula is C24H22ClN3O2S. The van der Waals surface area contributed by atoms with E-state index in [-0.39, 0.29) is 5.91 Å². The van der Waals surface area contributed by atoms with Crippen molar-refractivity contribution in [1.29, 1.82) is 0 Å². The first-order valence-corrected chi connectivity index (χ1v) is 11.3. The molecule has 0 aliphatic carbocycles. The number of fused-ring (bicyclic) bond motifs is 1. The first-order valence-electron chi connectivity index (χ1n) is 10.1. The smallest absolute Gasteiger partial charge is 0.260 e. The Hall–Kier alpha value is -2.96. The maximum atomic E-state index is 13.6. The Morgan fingerprint density at radius 2 is 2.06 bits per heavy atom. The summed E-state index contributed by atoms with van der Waals surface area (Å²) in [5.74, 6) is 0.548. The van der Waals surface area contributed by atoms with Gasteiger partial charge in [-0.1, -0.05) is 48.4 Å². The number of carbonyl (C=O) groups excluding carboxylic acids is 1. The molecule has 2 aromatic carbocycles. The van der Waals surface area contributed by atoms with E-state index in [0.717, 1.165) is 28.6 Å². The number of amides is 1. The molecule has 0 bridgehead atoms. The number of benzene rings is 2. The van der Waals surface area contributed by atoms with Gasteiger partial charge in [0, 0.05) is 23.0 Å². The summed E-state index contributed by atoms with van der Waals surface area (Å²) in [7, 11) is 0. The molecule has 0 radical (unpaired) electrons. The largest absolute Gasteiger partial charge is 0.494 e. The van der Waals surface area contributed by atoms with E-state index in [1.165, 1.54) is 11.3 Å². The zero-order chi connectivity index (χ0) is 21.6. The maximum absolute atomic E-state index is 13.6. The van der Waals surface area contributed by atoms with E-state index in [2.05, 4.69) is 11.9 Å². The van der Waals surface area contributed by atoms with Crippen LogP contribution in [0.25, 0.3) is 10.2 Å². The Balaban J connectivity index is 1.68. The fourth-order valence-corrected chi connectivity index (χ4v) is 4.35. The molecule has 7 heteroatoms. The van der Waals surface area contributed by atoms with E-state index in [1.807, 2.05) is 36.4 Å². The van der Waals surface area contributed by atoms with Crippen molar-refractivity contribution in [3.63, 3.8) is 0 Å². The maximum Gasteiger partial charge on any atom is 0.260 e. The molecule has 0 N–H and O–H groups in total. The first kappa shape index (κ1) is 21.3. The number of carbonyl (C=O) groups is 1. The topological polar surface area (TPSA) is 55.3 Å². The van der Waals surface area contributed by atoms with Gasteiger partial charge < -0.3 is 4.74 Å². The summed E-state index contributed by atoms with van der Waals surface area (Å²) in [4.78, 5) is 24.1. The fraction of sp³-hybridized carbons (Fsp3) is 0.208. The molecule has 0 fully saturated rings. The fourth-order valence-electron chi connectivity index (χ4n) is 3.11. The van der Waals surface area contributed by atoms with E-state index < -0.39 is 0 Å². The van der Waals surface area contributed by atoms with Gasteiger partial charge in [0.05, 0.1) is 23.4 Å². The Morgan fingerprint density at radius 1 is 1.16 bits per heavy atom. The van der Waals surface area contributed by atoms with Crippen molar-refractivity contribution in [3.05, 3.63) is 83.1 Å². The average molecular weight is 452 g/mol. The number of hydrogen-bond donors (Lipinski definition) is 0. The van der Waals surface area contributed by atoms with Crippen LogP contribution in [0, 0.1) is 0 Å². The number of pyridine rings is 1. The molecule has 4 rings (SSSR count). The summed E-state index contributed by atoms with van der Waals surface area (Å²) in [5, 5.41) is 1.26. The van der Waals surface area contributed by atoms with Gasteiger partial charge in [0.2, 0.25) is 0 Å². The molecule has 0 unspecified atom stereocenters. The Kier molecular flexibility index (Phi) is 6.79. The lowest BCUT2D eigenvalue weighted by molar-refractivity contribution is 0.0984. The lowest BCUT2D eigenvalue weighted by Crippen LogP contribution is -2.30. The third-order valence-electron chi connectivity index (χ3n) is 4.73. The van der Waals surface area contributed by atoms with E-state index in [1.54, 1.807) is 35.5 Å². The molecule has 0 aliphatic rings. The van der Waals surface area contributed by atoms with Crippen molar-refractivity contribution in [2.75, 3.05) is 11.5 Å². The molecule has 158 valence electrons. The number of unbranched alkanes of at least 4 members (excludes halogenated alkanes) is 1. The van der Waals surface area contributed by atoms with Crippen LogP contribution in [0.2, 0.25) is 5.02 Å². The van der Waals surface area contributed by atoms with Gasteiger partial charge in [0.15, 0.2) is 5.13 Å². The minimum atomic E-state index is -0.144. The highest BCUT2D eigenvalue weighted by atomic mass is 35.5. The molecular weight excluding hydrogens is 430 g/mol. The molecule has 0 aliphatic heterocycles. The second-order valence-corrected chi connectivity index (χ2v) is 8.54. The van der Waals surface area contributed by atoms with Crippen LogP contribution in [0.15, 0.2) is 67.0 Å². The molecule has 2 aromatic heterocycles. The van der Waals surface area contributed by atoms with Crippen molar-refractivity contribution in [2.45, 2.75) is 26.3 Å². The van der Waals surface area contributed by atoms with Crippen LogP contribution in [-0.2, 0) is 6.54 Å². The van der Waals surface area contributed by atoms with Gasteiger partial charge in [-0.15, -0.1) is 0 Å². The standard InChI is InChI=1S/C24H22ClN3O2S/c1-2-3-12-30-20-8-4-7-18(13-20)23(29)28(16-17-6-5-11-26-15-17)24-27-21-10-9-19(25)14-22(21)31-24/h4-11,13-15H,2-3,12,16H2,1H3. The highest BCUT2D eigenvalue weighted by Gasteiger charge is 2.22. The van der Waals surface area contributed by atoms with Crippen molar-refractivity contribution in [1.82, 2.24) is 9.97 Å². The Bertz CT molecular complexity index is 1180. The van der Waals surface area contributed by atoms with Gasteiger partial charge in [0.1, 0.15) is 5.75 Å². The normalized spacial score (nSPS) is 10.9. The van der Waals surface area contributed by atoms with Crippen LogP contribution >= 0.6 is 22.9 Å². The summed E-state index contributed by atoms with van der Waals surface area (Å²) in [6, 6.07) is 16.7. The lowest BCUT2D eigenvalue weighted by Gasteiger charge is -2.20. The van der Waals surface area contributed by atoms with Gasteiger partial charge in [0.25, 0.3) is 5.91 Å². The van der Waals surface area contributed by atoms with E-state index >= 15 is 0 Å². The van der Waals surface area contributed by atoms with Crippen LogP contribution < -0.4 is 9.64 Å². The second-order valence-electron chi connectivity index (χ2n) is 7.09. The third-order valence-corrected chi connectivity index (χ3v) is 6.00. The highest BCUT2D eigenvalue weighted by Crippen LogP contribution is 2.32. The van der Waals surface area contributed by atoms with Crippen molar-refractivity contribution < 1.29 is 9.53 Å². The molecule has 31 heavy (non-hydrogen) atoms. The number of nitrogens with zero attached hydrogens (tertiary/aromatic N) is 3. The van der Waals surface area contributed by atoms with E-state index in [9.17, 15) is 4.79 Å². The SMILES string of the molecule is CCCCOc1cccc(C(=O)N(Cc2cccnc2)c2nc3ccc(Cl)cc3s2)c1. The minimum Gasteiger partial charge on any atom is -0.494 e. The van der Waals surface area contributed by atoms with Crippen molar-refractivity contribution >= 4 is 44.2 Å². The Labute approximate surface area is 190 Å². The number of thiazole rings is 1. The number of ether oxygens (including phenoxy) is 1. The van der Waals surface area contributed by atoms with Crippen LogP contribution in [0.5, 0.6) is 5.75 Å². The highest BCUT2D eigenvalue weighted by molar-refractivity contribution is 7.22. The number of aromatic nitrogens is 2. The van der Waals surface area contributed by atoms with Crippen LogP contribution in [0.4, 0.5) is 5.13 Å². The first-order chi connectivity index (χ1) is 15.1. The van der Waals surface area contributed by atoms with Crippen molar-refractivity contribution in [3.8, 4) is 5.75 Å². The quantitative estimate of drug-likeness (QED) is 0.292. The van der Waals surface area contributed by atoms with Crippen LogP contribution in [0.3, 0.4) is 0 Å². The van der Waals surface area contributed by atoms with Gasteiger partial charge in [-0.3, -0.25) is 14.7 Å².